The van der Waals surface area contributed by atoms with Gasteiger partial charge in [0.2, 0.25) is 5.95 Å². The fourth-order valence-corrected chi connectivity index (χ4v) is 1.79. The molecule has 0 aliphatic carbocycles. The van der Waals surface area contributed by atoms with Crippen molar-refractivity contribution in [1.82, 2.24) is 9.97 Å². The van der Waals surface area contributed by atoms with Crippen LogP contribution in [0.25, 0.3) is 11.3 Å². The number of aromatic nitrogens is 2. The molecule has 0 radical (unpaired) electrons. The number of halogens is 2. The van der Waals surface area contributed by atoms with Crippen LogP contribution in [-0.4, -0.2) is 36.7 Å². The van der Waals surface area contributed by atoms with E-state index in [1.807, 2.05) is 11.9 Å². The van der Waals surface area contributed by atoms with Crippen molar-refractivity contribution in [2.24, 2.45) is 5.73 Å². The number of ether oxygens (including phenoxy) is 1. The third-order valence-electron chi connectivity index (χ3n) is 2.82. The maximum atomic E-state index is 12.1. The van der Waals surface area contributed by atoms with Gasteiger partial charge in [0.1, 0.15) is 5.75 Å². The average Bonchev–Trinajstić information content (AvgIpc) is 2.48. The van der Waals surface area contributed by atoms with Crippen molar-refractivity contribution in [3.63, 3.8) is 0 Å². The van der Waals surface area contributed by atoms with Crippen LogP contribution in [0.5, 0.6) is 5.75 Å². The number of alkyl halides is 2. The van der Waals surface area contributed by atoms with E-state index in [-0.39, 0.29) is 5.75 Å². The molecule has 0 saturated carbocycles. The molecule has 1 aromatic carbocycles. The van der Waals surface area contributed by atoms with Gasteiger partial charge in [0.25, 0.3) is 0 Å². The summed E-state index contributed by atoms with van der Waals surface area (Å²) in [6.45, 7) is -1.68. The molecule has 2 N–H and O–H groups in total. The Morgan fingerprint density at radius 3 is 2.57 bits per heavy atom. The van der Waals surface area contributed by atoms with Gasteiger partial charge < -0.3 is 15.4 Å². The third-order valence-corrected chi connectivity index (χ3v) is 2.82. The first-order chi connectivity index (χ1) is 10.1. The Balaban J connectivity index is 2.19. The fourth-order valence-electron chi connectivity index (χ4n) is 1.79. The van der Waals surface area contributed by atoms with Gasteiger partial charge in [-0.25, -0.2) is 9.97 Å². The van der Waals surface area contributed by atoms with E-state index in [0.717, 1.165) is 5.56 Å². The smallest absolute Gasteiger partial charge is 0.387 e. The molecule has 0 atom stereocenters. The number of likely N-dealkylation sites (N-methyl/N-ethyl adjacent to an activating group) is 1. The second-order valence-corrected chi connectivity index (χ2v) is 4.35. The normalized spacial score (nSPS) is 10.7. The molecule has 0 spiro atoms. The van der Waals surface area contributed by atoms with E-state index < -0.39 is 6.61 Å². The Bertz CT molecular complexity index is 577. The molecule has 5 nitrogen and oxygen atoms in total. The lowest BCUT2D eigenvalue weighted by Gasteiger charge is -2.16. The molecule has 1 aromatic heterocycles. The van der Waals surface area contributed by atoms with Crippen LogP contribution in [0.15, 0.2) is 36.5 Å². The van der Waals surface area contributed by atoms with Gasteiger partial charge in [0.15, 0.2) is 0 Å². The minimum atomic E-state index is -2.83. The number of hydrogen-bond acceptors (Lipinski definition) is 5. The zero-order chi connectivity index (χ0) is 15.2. The summed E-state index contributed by atoms with van der Waals surface area (Å²) >= 11 is 0. The van der Waals surface area contributed by atoms with E-state index in [2.05, 4.69) is 14.7 Å². The minimum absolute atomic E-state index is 0.114. The van der Waals surface area contributed by atoms with Gasteiger partial charge in [-0.15, -0.1) is 0 Å². The van der Waals surface area contributed by atoms with Crippen molar-refractivity contribution < 1.29 is 13.5 Å². The summed E-state index contributed by atoms with van der Waals surface area (Å²) in [7, 11) is 1.85. The summed E-state index contributed by atoms with van der Waals surface area (Å²) in [4.78, 5) is 10.4. The second-order valence-electron chi connectivity index (χ2n) is 4.35. The Morgan fingerprint density at radius 1 is 1.24 bits per heavy atom. The maximum absolute atomic E-state index is 12.1. The molecular formula is C14H16F2N4O. The van der Waals surface area contributed by atoms with Gasteiger partial charge >= 0.3 is 6.61 Å². The molecule has 2 rings (SSSR count). The molecule has 0 bridgehead atoms. The molecule has 0 fully saturated rings. The zero-order valence-electron chi connectivity index (χ0n) is 11.5. The molecule has 2 aromatic rings. The summed E-state index contributed by atoms with van der Waals surface area (Å²) in [5, 5.41) is 0. The van der Waals surface area contributed by atoms with Crippen LogP contribution in [0.3, 0.4) is 0 Å². The Kier molecular flexibility index (Phi) is 4.99. The van der Waals surface area contributed by atoms with E-state index in [1.54, 1.807) is 24.4 Å². The standard InChI is InChI=1S/C14H16F2N4O/c1-20(9-7-17)14-18-8-6-12(19-14)10-2-4-11(5-3-10)21-13(15)16/h2-6,8,13H,7,9,17H2,1H3. The van der Waals surface area contributed by atoms with Crippen LogP contribution in [0.4, 0.5) is 14.7 Å². The summed E-state index contributed by atoms with van der Waals surface area (Å²) < 4.78 is 28.5. The predicted molar refractivity (Wildman–Crippen MR) is 76.4 cm³/mol. The van der Waals surface area contributed by atoms with Crippen LogP contribution in [0, 0.1) is 0 Å². The van der Waals surface area contributed by atoms with Gasteiger partial charge in [-0.05, 0) is 30.3 Å². The van der Waals surface area contributed by atoms with Crippen molar-refractivity contribution in [2.75, 3.05) is 25.0 Å². The van der Waals surface area contributed by atoms with Gasteiger partial charge in [0, 0.05) is 31.9 Å². The molecule has 0 aliphatic heterocycles. The van der Waals surface area contributed by atoms with Gasteiger partial charge in [-0.1, -0.05) is 0 Å². The average molecular weight is 294 g/mol. The van der Waals surface area contributed by atoms with Crippen LogP contribution in [0.2, 0.25) is 0 Å². The molecule has 112 valence electrons. The van der Waals surface area contributed by atoms with E-state index in [4.69, 9.17) is 5.73 Å². The maximum Gasteiger partial charge on any atom is 0.387 e. The molecular weight excluding hydrogens is 278 g/mol. The summed E-state index contributed by atoms with van der Waals surface area (Å²) in [5.74, 6) is 0.675. The van der Waals surface area contributed by atoms with Gasteiger partial charge in [-0.3, -0.25) is 0 Å². The molecule has 0 amide bonds. The number of rotatable bonds is 6. The summed E-state index contributed by atoms with van der Waals surface area (Å²) in [6, 6.07) is 8.06. The van der Waals surface area contributed by atoms with Crippen molar-refractivity contribution in [3.05, 3.63) is 36.5 Å². The van der Waals surface area contributed by atoms with E-state index >= 15 is 0 Å². The molecule has 0 saturated heterocycles. The van der Waals surface area contributed by atoms with E-state index in [0.29, 0.717) is 24.7 Å². The quantitative estimate of drug-likeness (QED) is 0.884. The first-order valence-electron chi connectivity index (χ1n) is 6.39. The highest BCUT2D eigenvalue weighted by molar-refractivity contribution is 5.61. The number of nitrogens with zero attached hydrogens (tertiary/aromatic N) is 3. The van der Waals surface area contributed by atoms with E-state index in [9.17, 15) is 8.78 Å². The largest absolute Gasteiger partial charge is 0.435 e. The molecule has 1 heterocycles. The summed E-state index contributed by atoms with van der Waals surface area (Å²) in [5.41, 5.74) is 6.99. The lowest BCUT2D eigenvalue weighted by molar-refractivity contribution is -0.0498. The van der Waals surface area contributed by atoms with Gasteiger partial charge in [-0.2, -0.15) is 8.78 Å². The number of anilines is 1. The van der Waals surface area contributed by atoms with Crippen molar-refractivity contribution in [3.8, 4) is 17.0 Å². The molecule has 0 unspecified atom stereocenters. The lowest BCUT2D eigenvalue weighted by atomic mass is 10.1. The topological polar surface area (TPSA) is 64.3 Å². The first-order valence-corrected chi connectivity index (χ1v) is 6.39. The van der Waals surface area contributed by atoms with Crippen LogP contribution in [-0.2, 0) is 0 Å². The Hall–Kier alpha value is -2.28. The zero-order valence-corrected chi connectivity index (χ0v) is 11.5. The van der Waals surface area contributed by atoms with Crippen LogP contribution >= 0.6 is 0 Å². The van der Waals surface area contributed by atoms with Crippen LogP contribution in [0.1, 0.15) is 0 Å². The van der Waals surface area contributed by atoms with Crippen molar-refractivity contribution >= 4 is 5.95 Å². The molecule has 21 heavy (non-hydrogen) atoms. The predicted octanol–water partition coefficient (Wildman–Crippen LogP) is 2.14. The SMILES string of the molecule is CN(CCN)c1nccc(-c2ccc(OC(F)F)cc2)n1. The lowest BCUT2D eigenvalue weighted by Crippen LogP contribution is -2.26. The Labute approximate surface area is 121 Å². The molecule has 0 aliphatic rings. The highest BCUT2D eigenvalue weighted by Gasteiger charge is 2.08. The van der Waals surface area contributed by atoms with E-state index in [1.165, 1.54) is 12.1 Å². The van der Waals surface area contributed by atoms with Crippen molar-refractivity contribution in [2.45, 2.75) is 6.61 Å². The van der Waals surface area contributed by atoms with Crippen molar-refractivity contribution in [1.29, 1.82) is 0 Å². The number of hydrogen-bond donors (Lipinski definition) is 1. The minimum Gasteiger partial charge on any atom is -0.435 e. The van der Waals surface area contributed by atoms with Gasteiger partial charge in [0.05, 0.1) is 5.69 Å². The Morgan fingerprint density at radius 2 is 1.95 bits per heavy atom. The summed E-state index contributed by atoms with van der Waals surface area (Å²) in [6.07, 6.45) is 1.65. The highest BCUT2D eigenvalue weighted by Crippen LogP contribution is 2.22. The monoisotopic (exact) mass is 294 g/mol. The fraction of sp³-hybridized carbons (Fsp3) is 0.286. The second kappa shape index (κ2) is 6.94. The molecule has 7 heteroatoms. The number of nitrogens with two attached hydrogens (primary N) is 1. The first kappa shape index (κ1) is 15.1. The third kappa shape index (κ3) is 4.09. The number of benzene rings is 1. The highest BCUT2D eigenvalue weighted by atomic mass is 19.3. The van der Waals surface area contributed by atoms with Crippen LogP contribution < -0.4 is 15.4 Å².